The van der Waals surface area contributed by atoms with Crippen LogP contribution in [0.2, 0.25) is 0 Å². The Balaban J connectivity index is 2.24. The number of hydrogen-bond donors (Lipinski definition) is 1. The van der Waals surface area contributed by atoms with Crippen LogP contribution in [0.1, 0.15) is 4.11 Å². The van der Waals surface area contributed by atoms with Gasteiger partial charge in [0.05, 0.1) is 12.8 Å². The number of carbonyl (C=O) groups excluding carboxylic acids is 2. The molecule has 1 aromatic rings. The standard InChI is InChI=1S/C9H11N3O4/c1-12-2-6(10-5-13)9(11-12)16-8-4-15-3-7(8)14/h2,5,8H,3-4H2,1H3,(H,10,13)/i1D3. The molecule has 0 saturated carbocycles. The van der Waals surface area contributed by atoms with Crippen LogP contribution in [0.15, 0.2) is 6.20 Å². The number of ether oxygens (including phenoxy) is 2. The van der Waals surface area contributed by atoms with E-state index >= 15 is 0 Å². The second kappa shape index (κ2) is 4.31. The molecule has 0 radical (unpaired) electrons. The Kier molecular flexibility index (Phi) is 1.99. The van der Waals surface area contributed by atoms with E-state index in [1.807, 2.05) is 0 Å². The van der Waals surface area contributed by atoms with Crippen LogP contribution in [0.5, 0.6) is 5.88 Å². The van der Waals surface area contributed by atoms with Gasteiger partial charge >= 0.3 is 0 Å². The van der Waals surface area contributed by atoms with Crippen LogP contribution < -0.4 is 10.1 Å². The maximum absolute atomic E-state index is 11.4. The number of nitrogens with one attached hydrogen (secondary N) is 1. The summed E-state index contributed by atoms with van der Waals surface area (Å²) in [6, 6.07) is 0. The zero-order valence-corrected chi connectivity index (χ0v) is 8.17. The highest BCUT2D eigenvalue weighted by Gasteiger charge is 2.28. The molecule has 1 N–H and O–H groups in total. The van der Waals surface area contributed by atoms with Gasteiger partial charge in [-0.2, -0.15) is 0 Å². The van der Waals surface area contributed by atoms with E-state index in [0.29, 0.717) is 11.1 Å². The summed E-state index contributed by atoms with van der Waals surface area (Å²) in [6.45, 7) is -2.49. The highest BCUT2D eigenvalue weighted by Crippen LogP contribution is 2.23. The van der Waals surface area contributed by atoms with Crippen molar-refractivity contribution in [2.75, 3.05) is 18.5 Å². The lowest BCUT2D eigenvalue weighted by atomic mass is 10.3. The lowest BCUT2D eigenvalue weighted by Gasteiger charge is -2.08. The fraction of sp³-hybridized carbons (Fsp3) is 0.444. The van der Waals surface area contributed by atoms with Crippen LogP contribution in [0.25, 0.3) is 0 Å². The van der Waals surface area contributed by atoms with Gasteiger partial charge in [0.25, 0.3) is 5.88 Å². The lowest BCUT2D eigenvalue weighted by Crippen LogP contribution is -2.25. The molecule has 1 fully saturated rings. The molecular weight excluding hydrogens is 214 g/mol. The number of ketones is 1. The number of hydrogen-bond acceptors (Lipinski definition) is 5. The number of rotatable bonds is 4. The number of anilines is 1. The van der Waals surface area contributed by atoms with E-state index in [9.17, 15) is 9.59 Å². The van der Waals surface area contributed by atoms with E-state index in [4.69, 9.17) is 13.6 Å². The predicted molar refractivity (Wildman–Crippen MR) is 53.1 cm³/mol. The van der Waals surface area contributed by atoms with Gasteiger partial charge in [-0.3, -0.25) is 14.3 Å². The van der Waals surface area contributed by atoms with Crippen molar-refractivity contribution < 1.29 is 23.2 Å². The average molecular weight is 228 g/mol. The normalized spacial score (nSPS) is 23.4. The molecule has 86 valence electrons. The van der Waals surface area contributed by atoms with Crippen molar-refractivity contribution >= 4 is 17.9 Å². The summed E-state index contributed by atoms with van der Waals surface area (Å²) in [6.07, 6.45) is 0.629. The molecule has 1 aliphatic heterocycles. The van der Waals surface area contributed by atoms with E-state index < -0.39 is 13.1 Å². The van der Waals surface area contributed by atoms with Crippen molar-refractivity contribution in [3.05, 3.63) is 6.20 Å². The third-order valence-corrected chi connectivity index (χ3v) is 2.02. The quantitative estimate of drug-likeness (QED) is 0.691. The predicted octanol–water partition coefficient (Wildman–Crippen LogP) is -0.665. The van der Waals surface area contributed by atoms with Gasteiger partial charge in [0.15, 0.2) is 6.10 Å². The minimum Gasteiger partial charge on any atom is -0.461 e. The van der Waals surface area contributed by atoms with E-state index in [1.165, 1.54) is 0 Å². The largest absolute Gasteiger partial charge is 0.461 e. The van der Waals surface area contributed by atoms with E-state index in [0.717, 1.165) is 6.20 Å². The average Bonchev–Trinajstić information content (AvgIpc) is 2.88. The van der Waals surface area contributed by atoms with Crippen LogP contribution in [0, 0.1) is 0 Å². The SMILES string of the molecule is [2H]C([2H])([2H])n1cc(NC=O)c(OC2COCC2=O)n1. The van der Waals surface area contributed by atoms with Gasteiger partial charge in [0, 0.05) is 11.1 Å². The number of nitrogens with zero attached hydrogens (tertiary/aromatic N) is 2. The summed E-state index contributed by atoms with van der Waals surface area (Å²) in [5.74, 6) is -0.396. The lowest BCUT2D eigenvalue weighted by molar-refractivity contribution is -0.122. The van der Waals surface area contributed by atoms with Gasteiger partial charge in [-0.25, -0.2) is 0 Å². The molecule has 0 aromatic carbocycles. The van der Waals surface area contributed by atoms with Gasteiger partial charge in [-0.05, 0) is 0 Å². The Labute approximate surface area is 95.5 Å². The van der Waals surface area contributed by atoms with Crippen molar-refractivity contribution in [2.24, 2.45) is 6.98 Å². The second-order valence-corrected chi connectivity index (χ2v) is 3.14. The van der Waals surface area contributed by atoms with Gasteiger partial charge in [0.1, 0.15) is 12.3 Å². The third kappa shape index (κ3) is 2.03. The first kappa shape index (κ1) is 7.39. The number of carbonyl (C=O) groups is 2. The summed E-state index contributed by atoms with van der Waals surface area (Å²) < 4.78 is 32.5. The molecule has 1 aliphatic rings. The molecule has 1 saturated heterocycles. The van der Waals surface area contributed by atoms with E-state index in [-0.39, 0.29) is 30.6 Å². The van der Waals surface area contributed by atoms with Crippen molar-refractivity contribution in [1.29, 1.82) is 0 Å². The van der Waals surface area contributed by atoms with Gasteiger partial charge in [-0.15, -0.1) is 5.10 Å². The van der Waals surface area contributed by atoms with Crippen LogP contribution in [0.4, 0.5) is 5.69 Å². The molecule has 0 spiro atoms. The van der Waals surface area contributed by atoms with Crippen molar-refractivity contribution in [3.8, 4) is 5.88 Å². The zero-order chi connectivity index (χ0) is 14.0. The fourth-order valence-corrected chi connectivity index (χ4v) is 1.29. The van der Waals surface area contributed by atoms with Crippen molar-refractivity contribution in [2.45, 2.75) is 6.10 Å². The molecule has 0 aliphatic carbocycles. The topological polar surface area (TPSA) is 82.5 Å². The molecule has 16 heavy (non-hydrogen) atoms. The summed E-state index contributed by atoms with van der Waals surface area (Å²) in [7, 11) is 0. The Bertz CT molecular complexity index is 499. The number of aromatic nitrogens is 2. The van der Waals surface area contributed by atoms with Crippen molar-refractivity contribution in [3.63, 3.8) is 0 Å². The maximum atomic E-state index is 11.4. The first-order valence-electron chi connectivity index (χ1n) is 5.99. The Morgan fingerprint density at radius 1 is 1.88 bits per heavy atom. The van der Waals surface area contributed by atoms with Crippen molar-refractivity contribution in [1.82, 2.24) is 9.78 Å². The molecule has 1 amide bonds. The highest BCUT2D eigenvalue weighted by molar-refractivity contribution is 5.86. The van der Waals surface area contributed by atoms with Crippen LogP contribution >= 0.6 is 0 Å². The Morgan fingerprint density at radius 2 is 2.75 bits per heavy atom. The second-order valence-electron chi connectivity index (χ2n) is 3.14. The Hall–Kier alpha value is -1.89. The third-order valence-electron chi connectivity index (χ3n) is 2.02. The smallest absolute Gasteiger partial charge is 0.257 e. The number of aryl methyl sites for hydroxylation is 1. The first-order chi connectivity index (χ1) is 8.91. The van der Waals surface area contributed by atoms with E-state index in [2.05, 4.69) is 10.4 Å². The molecule has 0 bridgehead atoms. The Morgan fingerprint density at radius 3 is 3.38 bits per heavy atom. The minimum absolute atomic E-state index is 0.0545. The molecule has 1 aromatic heterocycles. The maximum Gasteiger partial charge on any atom is 0.257 e. The molecule has 2 rings (SSSR count). The van der Waals surface area contributed by atoms with Gasteiger partial charge < -0.3 is 14.8 Å². The van der Waals surface area contributed by atoms with Gasteiger partial charge in [-0.1, -0.05) is 0 Å². The first-order valence-corrected chi connectivity index (χ1v) is 4.49. The molecule has 7 nitrogen and oxygen atoms in total. The van der Waals surface area contributed by atoms with E-state index in [1.54, 1.807) is 0 Å². The summed E-state index contributed by atoms with van der Waals surface area (Å²) in [5.41, 5.74) is 0.0748. The molecule has 1 atom stereocenters. The molecule has 1 unspecified atom stereocenters. The number of Topliss-reactive ketones (excluding diaryl/α,β-unsaturated/α-hetero) is 1. The fourth-order valence-electron chi connectivity index (χ4n) is 1.29. The molecule has 2 heterocycles. The van der Waals surface area contributed by atoms with Gasteiger partial charge in [0.2, 0.25) is 12.2 Å². The van der Waals surface area contributed by atoms with Crippen LogP contribution in [-0.4, -0.2) is 41.3 Å². The number of amides is 1. The minimum atomic E-state index is -2.50. The summed E-state index contributed by atoms with van der Waals surface area (Å²) in [5, 5.41) is 5.97. The summed E-state index contributed by atoms with van der Waals surface area (Å²) in [4.78, 5) is 21.8. The van der Waals surface area contributed by atoms with Crippen LogP contribution in [0.3, 0.4) is 0 Å². The monoisotopic (exact) mass is 228 g/mol. The van der Waals surface area contributed by atoms with Crippen LogP contribution in [-0.2, 0) is 21.3 Å². The summed E-state index contributed by atoms with van der Waals surface area (Å²) >= 11 is 0. The molecular formula is C9H11N3O4. The highest BCUT2D eigenvalue weighted by atomic mass is 16.6. The molecule has 7 heteroatoms. The zero-order valence-electron chi connectivity index (χ0n) is 11.2.